The van der Waals surface area contributed by atoms with Crippen molar-refractivity contribution in [2.45, 2.75) is 13.5 Å². The molecule has 5 heteroatoms. The average Bonchev–Trinajstić information content (AvgIpc) is 2.65. The molecule has 0 radical (unpaired) electrons. The van der Waals surface area contributed by atoms with Crippen LogP contribution in [0.3, 0.4) is 0 Å². The molecule has 0 spiro atoms. The smallest absolute Gasteiger partial charge is 0.236 e. The molecule has 0 N–H and O–H groups in total. The number of hydrogen-bond donors (Lipinski definition) is 0. The van der Waals surface area contributed by atoms with E-state index < -0.39 is 0 Å². The highest BCUT2D eigenvalue weighted by molar-refractivity contribution is 9.10. The minimum Gasteiger partial charge on any atom is -0.369 e. The molecule has 1 heterocycles. The lowest BCUT2D eigenvalue weighted by atomic mass is 10.1. The van der Waals surface area contributed by atoms with Crippen molar-refractivity contribution in [3.8, 4) is 0 Å². The van der Waals surface area contributed by atoms with Crippen LogP contribution in [-0.2, 0) is 11.3 Å². The Bertz CT molecular complexity index is 756. The summed E-state index contributed by atoms with van der Waals surface area (Å²) in [5, 5.41) is 0. The fourth-order valence-corrected chi connectivity index (χ4v) is 3.76. The third kappa shape index (κ3) is 4.65. The van der Waals surface area contributed by atoms with Crippen LogP contribution in [0, 0.1) is 6.92 Å². The van der Waals surface area contributed by atoms with Crippen LogP contribution in [-0.4, -0.2) is 55.5 Å². The third-order valence-electron chi connectivity index (χ3n) is 4.98. The Hall–Kier alpha value is -1.85. The second kappa shape index (κ2) is 8.69. The van der Waals surface area contributed by atoms with Crippen LogP contribution in [0.4, 0.5) is 5.69 Å². The number of rotatable bonds is 5. The summed E-state index contributed by atoms with van der Waals surface area (Å²) in [7, 11) is 1.88. The molecule has 26 heavy (non-hydrogen) atoms. The Morgan fingerprint density at radius 2 is 1.69 bits per heavy atom. The van der Waals surface area contributed by atoms with Gasteiger partial charge in [0.15, 0.2) is 0 Å². The third-order valence-corrected chi connectivity index (χ3v) is 5.75. The number of likely N-dealkylation sites (N-methyl/N-ethyl adjacent to an activating group) is 1. The maximum Gasteiger partial charge on any atom is 0.236 e. The molecule has 0 aromatic heterocycles. The van der Waals surface area contributed by atoms with E-state index in [1.54, 1.807) is 0 Å². The zero-order valence-electron chi connectivity index (χ0n) is 15.5. The maximum absolute atomic E-state index is 12.6. The van der Waals surface area contributed by atoms with Gasteiger partial charge in [0.2, 0.25) is 5.91 Å². The molecule has 1 fully saturated rings. The Balaban J connectivity index is 1.50. The molecule has 0 saturated carbocycles. The van der Waals surface area contributed by atoms with E-state index in [2.05, 4.69) is 63.0 Å². The zero-order chi connectivity index (χ0) is 18.5. The van der Waals surface area contributed by atoms with E-state index in [0.717, 1.165) is 36.2 Å². The predicted molar refractivity (Wildman–Crippen MR) is 110 cm³/mol. The molecular weight excluding hydrogens is 390 g/mol. The van der Waals surface area contributed by atoms with Gasteiger partial charge in [-0.25, -0.2) is 0 Å². The quantitative estimate of drug-likeness (QED) is 0.746. The van der Waals surface area contributed by atoms with Crippen molar-refractivity contribution >= 4 is 27.5 Å². The van der Waals surface area contributed by atoms with Gasteiger partial charge in [-0.15, -0.1) is 0 Å². The highest BCUT2D eigenvalue weighted by atomic mass is 79.9. The fourth-order valence-electron chi connectivity index (χ4n) is 3.35. The minimum absolute atomic E-state index is 0.171. The molecule has 0 bridgehead atoms. The standard InChI is InChI=1S/C21H26BrN3O/c1-17-7-3-6-10-20(17)25-13-11-24(12-14-25)16-21(26)23(2)15-18-8-4-5-9-19(18)22/h3-10H,11-16H2,1-2H3. The number of nitrogens with zero attached hydrogens (tertiary/aromatic N) is 3. The fraction of sp³-hybridized carbons (Fsp3) is 0.381. The Morgan fingerprint density at radius 1 is 1.04 bits per heavy atom. The van der Waals surface area contributed by atoms with Gasteiger partial charge in [-0.1, -0.05) is 52.3 Å². The molecule has 1 amide bonds. The highest BCUT2D eigenvalue weighted by Crippen LogP contribution is 2.21. The van der Waals surface area contributed by atoms with Gasteiger partial charge >= 0.3 is 0 Å². The molecule has 2 aromatic rings. The van der Waals surface area contributed by atoms with Gasteiger partial charge in [0.1, 0.15) is 0 Å². The number of aryl methyl sites for hydroxylation is 1. The molecule has 1 saturated heterocycles. The van der Waals surface area contributed by atoms with Gasteiger partial charge in [0.05, 0.1) is 6.54 Å². The van der Waals surface area contributed by atoms with Gasteiger partial charge in [-0.05, 0) is 30.2 Å². The number of halogens is 1. The van der Waals surface area contributed by atoms with E-state index in [0.29, 0.717) is 13.1 Å². The van der Waals surface area contributed by atoms with Crippen LogP contribution in [0.25, 0.3) is 0 Å². The lowest BCUT2D eigenvalue weighted by molar-refractivity contribution is -0.131. The molecule has 0 unspecified atom stereocenters. The van der Waals surface area contributed by atoms with Crippen LogP contribution >= 0.6 is 15.9 Å². The minimum atomic E-state index is 0.171. The summed E-state index contributed by atoms with van der Waals surface area (Å²) in [6.45, 7) is 7.04. The number of para-hydroxylation sites is 1. The van der Waals surface area contributed by atoms with E-state index >= 15 is 0 Å². The first-order valence-electron chi connectivity index (χ1n) is 9.05. The number of benzene rings is 2. The summed E-state index contributed by atoms with van der Waals surface area (Å²) in [6, 6.07) is 16.6. The van der Waals surface area contributed by atoms with Gasteiger partial charge in [0.25, 0.3) is 0 Å². The van der Waals surface area contributed by atoms with Crippen molar-refractivity contribution in [1.29, 1.82) is 0 Å². The maximum atomic E-state index is 12.6. The molecule has 1 aliphatic rings. The predicted octanol–water partition coefficient (Wildman–Crippen LogP) is 3.54. The number of amides is 1. The first-order valence-corrected chi connectivity index (χ1v) is 9.84. The lowest BCUT2D eigenvalue weighted by Gasteiger charge is -2.37. The normalized spacial score (nSPS) is 15.1. The Kier molecular flexibility index (Phi) is 6.33. The monoisotopic (exact) mass is 415 g/mol. The second-order valence-corrected chi connectivity index (χ2v) is 7.75. The summed E-state index contributed by atoms with van der Waals surface area (Å²) in [5.74, 6) is 0.171. The molecule has 3 rings (SSSR count). The van der Waals surface area contributed by atoms with Crippen LogP contribution < -0.4 is 4.90 Å². The summed E-state index contributed by atoms with van der Waals surface area (Å²) < 4.78 is 1.05. The molecule has 2 aromatic carbocycles. The van der Waals surface area contributed by atoms with E-state index in [1.807, 2.05) is 30.1 Å². The summed E-state index contributed by atoms with van der Waals surface area (Å²) in [5.41, 5.74) is 3.75. The van der Waals surface area contributed by atoms with Crippen LogP contribution in [0.2, 0.25) is 0 Å². The van der Waals surface area contributed by atoms with E-state index in [4.69, 9.17) is 0 Å². The number of piperazine rings is 1. The first-order chi connectivity index (χ1) is 12.5. The summed E-state index contributed by atoms with van der Waals surface area (Å²) in [6.07, 6.45) is 0. The highest BCUT2D eigenvalue weighted by Gasteiger charge is 2.21. The molecule has 1 aliphatic heterocycles. The Labute approximate surface area is 164 Å². The molecular formula is C21H26BrN3O. The SMILES string of the molecule is Cc1ccccc1N1CCN(CC(=O)N(C)Cc2ccccc2Br)CC1. The summed E-state index contributed by atoms with van der Waals surface area (Å²) in [4.78, 5) is 19.1. The van der Waals surface area contributed by atoms with Crippen molar-refractivity contribution in [3.05, 3.63) is 64.1 Å². The number of carbonyl (C=O) groups excluding carboxylic acids is 1. The van der Waals surface area contributed by atoms with Gasteiger partial charge in [0, 0.05) is 49.9 Å². The largest absolute Gasteiger partial charge is 0.369 e. The van der Waals surface area contributed by atoms with Crippen molar-refractivity contribution in [2.75, 3.05) is 44.7 Å². The van der Waals surface area contributed by atoms with Gasteiger partial charge in [-0.2, -0.15) is 0 Å². The van der Waals surface area contributed by atoms with Crippen LogP contribution in [0.5, 0.6) is 0 Å². The van der Waals surface area contributed by atoms with Crippen LogP contribution in [0.1, 0.15) is 11.1 Å². The van der Waals surface area contributed by atoms with Gasteiger partial charge < -0.3 is 9.80 Å². The number of anilines is 1. The van der Waals surface area contributed by atoms with Crippen molar-refractivity contribution in [3.63, 3.8) is 0 Å². The Morgan fingerprint density at radius 3 is 2.38 bits per heavy atom. The second-order valence-electron chi connectivity index (χ2n) is 6.89. The van der Waals surface area contributed by atoms with E-state index in [9.17, 15) is 4.79 Å². The lowest BCUT2D eigenvalue weighted by Crippen LogP contribution is -2.49. The molecule has 138 valence electrons. The number of hydrogen-bond acceptors (Lipinski definition) is 3. The average molecular weight is 416 g/mol. The van der Waals surface area contributed by atoms with Crippen LogP contribution in [0.15, 0.2) is 53.0 Å². The zero-order valence-corrected chi connectivity index (χ0v) is 17.1. The summed E-state index contributed by atoms with van der Waals surface area (Å²) >= 11 is 3.55. The van der Waals surface area contributed by atoms with Gasteiger partial charge in [-0.3, -0.25) is 9.69 Å². The number of carbonyl (C=O) groups is 1. The van der Waals surface area contributed by atoms with E-state index in [-0.39, 0.29) is 5.91 Å². The van der Waals surface area contributed by atoms with E-state index in [1.165, 1.54) is 11.3 Å². The first kappa shape index (κ1) is 18.9. The van der Waals surface area contributed by atoms with Crippen molar-refractivity contribution in [1.82, 2.24) is 9.80 Å². The molecule has 0 atom stereocenters. The topological polar surface area (TPSA) is 26.8 Å². The van der Waals surface area contributed by atoms with Crippen molar-refractivity contribution < 1.29 is 4.79 Å². The molecule has 0 aliphatic carbocycles. The molecule has 4 nitrogen and oxygen atoms in total. The van der Waals surface area contributed by atoms with Crippen molar-refractivity contribution in [2.24, 2.45) is 0 Å².